The summed E-state index contributed by atoms with van der Waals surface area (Å²) >= 11 is 0. The monoisotopic (exact) mass is 466 g/mol. The van der Waals surface area contributed by atoms with Crippen LogP contribution in [0.25, 0.3) is 0 Å². The van der Waals surface area contributed by atoms with Gasteiger partial charge in [0, 0.05) is 24.5 Å². The van der Waals surface area contributed by atoms with Gasteiger partial charge in [-0.1, -0.05) is 0 Å². The number of sulfonamides is 1. The van der Waals surface area contributed by atoms with E-state index in [1.54, 1.807) is 6.92 Å². The van der Waals surface area contributed by atoms with Gasteiger partial charge in [-0.15, -0.1) is 4.40 Å². The predicted octanol–water partition coefficient (Wildman–Crippen LogP) is 3.60. The molecule has 1 saturated heterocycles. The van der Waals surface area contributed by atoms with Crippen molar-refractivity contribution in [3.8, 4) is 0 Å². The predicted molar refractivity (Wildman–Crippen MR) is 106 cm³/mol. The quantitative estimate of drug-likeness (QED) is 0.649. The van der Waals surface area contributed by atoms with Crippen molar-refractivity contribution in [3.05, 3.63) is 17.9 Å². The number of halogens is 5. The molecule has 0 unspecified atom stereocenters. The lowest BCUT2D eigenvalue weighted by atomic mass is 9.95. The molecule has 2 heterocycles. The summed E-state index contributed by atoms with van der Waals surface area (Å²) in [5, 5.41) is 5.72. The van der Waals surface area contributed by atoms with Gasteiger partial charge in [-0.25, -0.2) is 8.78 Å². The third-order valence-electron chi connectivity index (χ3n) is 5.80. The lowest BCUT2D eigenvalue weighted by Gasteiger charge is -2.43. The van der Waals surface area contributed by atoms with Crippen LogP contribution >= 0.6 is 0 Å². The first-order valence-electron chi connectivity index (χ1n) is 10.1. The normalized spacial score (nSPS) is 26.6. The highest BCUT2D eigenvalue weighted by Crippen LogP contribution is 2.44. The van der Waals surface area contributed by atoms with Gasteiger partial charge >= 0.3 is 6.18 Å². The van der Waals surface area contributed by atoms with E-state index in [4.69, 9.17) is 0 Å². The maximum Gasteiger partial charge on any atom is 0.408 e. The van der Waals surface area contributed by atoms with Gasteiger partial charge in [-0.2, -0.15) is 21.6 Å². The Bertz CT molecular complexity index is 994. The fourth-order valence-corrected chi connectivity index (χ4v) is 5.38. The number of hydrogen-bond acceptors (Lipinski definition) is 5. The van der Waals surface area contributed by atoms with Crippen LogP contribution in [0.15, 0.2) is 21.4 Å². The van der Waals surface area contributed by atoms with E-state index in [0.29, 0.717) is 0 Å². The lowest BCUT2D eigenvalue weighted by Crippen LogP contribution is -2.56. The molecular formula is C19H23F5N4O2S. The minimum Gasteiger partial charge on any atom is -0.358 e. The van der Waals surface area contributed by atoms with Crippen LogP contribution in [0.2, 0.25) is 0 Å². The van der Waals surface area contributed by atoms with E-state index in [0.717, 1.165) is 29.9 Å². The highest BCUT2D eigenvalue weighted by molar-refractivity contribution is 7.90. The Morgan fingerprint density at radius 1 is 1.29 bits per heavy atom. The van der Waals surface area contributed by atoms with Crippen molar-refractivity contribution in [1.82, 2.24) is 5.32 Å². The Morgan fingerprint density at radius 3 is 2.61 bits per heavy atom. The highest BCUT2D eigenvalue weighted by Gasteiger charge is 2.48. The number of piperidine rings is 1. The first-order valence-corrected chi connectivity index (χ1v) is 11.5. The van der Waals surface area contributed by atoms with E-state index in [9.17, 15) is 30.4 Å². The first kappa shape index (κ1) is 22.3. The second-order valence-corrected chi connectivity index (χ2v) is 9.92. The minimum atomic E-state index is -4.65. The van der Waals surface area contributed by atoms with Crippen molar-refractivity contribution in [2.45, 2.75) is 61.8 Å². The summed E-state index contributed by atoms with van der Waals surface area (Å²) in [7, 11) is -4.24. The van der Waals surface area contributed by atoms with Crippen LogP contribution in [0, 0.1) is 11.7 Å². The molecule has 0 aromatic heterocycles. The fraction of sp³-hybridized carbons (Fsp3) is 0.632. The van der Waals surface area contributed by atoms with Crippen molar-refractivity contribution in [2.24, 2.45) is 10.3 Å². The van der Waals surface area contributed by atoms with E-state index in [-0.39, 0.29) is 42.5 Å². The molecule has 172 valence electrons. The number of anilines is 2. The third kappa shape index (κ3) is 4.50. The second kappa shape index (κ2) is 7.88. The molecule has 31 heavy (non-hydrogen) atoms. The van der Waals surface area contributed by atoms with Crippen LogP contribution in [-0.4, -0.2) is 51.8 Å². The molecule has 2 N–H and O–H groups in total. The Labute approximate surface area is 177 Å². The van der Waals surface area contributed by atoms with E-state index >= 15 is 0 Å². The van der Waals surface area contributed by atoms with Gasteiger partial charge in [0.1, 0.15) is 29.3 Å². The lowest BCUT2D eigenvalue weighted by molar-refractivity contribution is -0.154. The van der Waals surface area contributed by atoms with Crippen LogP contribution in [-0.2, 0) is 10.0 Å². The van der Waals surface area contributed by atoms with Crippen molar-refractivity contribution in [2.75, 3.05) is 23.4 Å². The first-order chi connectivity index (χ1) is 14.5. The SMILES string of the molecule is C[C@@H](CF)N[C@@H]1CCN(c2cc(F)cc3c2NC(C2CC2)=NS3(=O)=O)[C@H](C(F)(F)F)C1. The van der Waals surface area contributed by atoms with Gasteiger partial charge < -0.3 is 15.5 Å². The summed E-state index contributed by atoms with van der Waals surface area (Å²) in [6.07, 6.45) is -3.31. The number of rotatable bonds is 5. The molecule has 0 radical (unpaired) electrons. The number of benzene rings is 1. The largest absolute Gasteiger partial charge is 0.408 e. The summed E-state index contributed by atoms with van der Waals surface area (Å²) in [4.78, 5) is 0.526. The molecule has 6 nitrogen and oxygen atoms in total. The molecule has 0 amide bonds. The smallest absolute Gasteiger partial charge is 0.358 e. The Hall–Kier alpha value is -1.95. The van der Waals surface area contributed by atoms with Crippen LogP contribution in [0.3, 0.4) is 0 Å². The van der Waals surface area contributed by atoms with E-state index < -0.39 is 51.7 Å². The van der Waals surface area contributed by atoms with Crippen LogP contribution < -0.4 is 15.5 Å². The average Bonchev–Trinajstić information content (AvgIpc) is 3.52. The molecule has 1 aromatic rings. The fourth-order valence-electron chi connectivity index (χ4n) is 4.15. The van der Waals surface area contributed by atoms with Crippen LogP contribution in [0.5, 0.6) is 0 Å². The molecule has 2 aliphatic heterocycles. The number of nitrogens with one attached hydrogen (secondary N) is 2. The maximum absolute atomic E-state index is 14.3. The average molecular weight is 466 g/mol. The number of alkyl halides is 4. The zero-order valence-corrected chi connectivity index (χ0v) is 17.5. The van der Waals surface area contributed by atoms with Gasteiger partial charge in [0.15, 0.2) is 0 Å². The van der Waals surface area contributed by atoms with Crippen molar-refractivity contribution in [3.63, 3.8) is 0 Å². The van der Waals surface area contributed by atoms with E-state index in [1.165, 1.54) is 0 Å². The zero-order valence-electron chi connectivity index (χ0n) is 16.7. The van der Waals surface area contributed by atoms with Gasteiger partial charge in [0.05, 0.1) is 11.4 Å². The summed E-state index contributed by atoms with van der Waals surface area (Å²) in [5.74, 6) is -0.884. The zero-order chi connectivity index (χ0) is 22.6. The minimum absolute atomic E-state index is 0.0731. The van der Waals surface area contributed by atoms with Crippen LogP contribution in [0.4, 0.5) is 33.3 Å². The van der Waals surface area contributed by atoms with Gasteiger partial charge in [0.2, 0.25) is 0 Å². The van der Waals surface area contributed by atoms with Gasteiger partial charge in [-0.05, 0) is 44.7 Å². The van der Waals surface area contributed by atoms with Crippen molar-refractivity contribution in [1.29, 1.82) is 0 Å². The third-order valence-corrected chi connectivity index (χ3v) is 7.12. The number of amidine groups is 1. The molecule has 0 bridgehead atoms. The van der Waals surface area contributed by atoms with E-state index in [2.05, 4.69) is 15.0 Å². The number of fused-ring (bicyclic) bond motifs is 1. The summed E-state index contributed by atoms with van der Waals surface area (Å²) in [5.41, 5.74) is -0.234. The van der Waals surface area contributed by atoms with E-state index in [1.807, 2.05) is 0 Å². The molecule has 1 saturated carbocycles. The van der Waals surface area contributed by atoms with Gasteiger partial charge in [0.25, 0.3) is 10.0 Å². The molecule has 3 aliphatic rings. The second-order valence-electron chi connectivity index (χ2n) is 8.34. The maximum atomic E-state index is 14.3. The summed E-state index contributed by atoms with van der Waals surface area (Å²) in [6, 6.07) is -1.44. The van der Waals surface area contributed by atoms with Gasteiger partial charge in [-0.3, -0.25) is 0 Å². The highest BCUT2D eigenvalue weighted by atomic mass is 32.2. The standard InChI is InChI=1S/C19H23F5N4O2S/c1-10(9-20)25-13-4-5-28(16(8-13)19(22,23)24)14-6-12(21)7-15-17(14)26-18(11-2-3-11)27-31(15,29)30/h6-7,10-11,13,16,25H,2-5,8-9H2,1H3,(H,26,27)/t10-,13+,16-/m0/s1. The van der Waals surface area contributed by atoms with Crippen molar-refractivity contribution < 1.29 is 30.4 Å². The van der Waals surface area contributed by atoms with Crippen molar-refractivity contribution >= 4 is 27.2 Å². The molecule has 0 spiro atoms. The molecule has 1 aliphatic carbocycles. The molecule has 2 fully saturated rings. The molecule has 1 aromatic carbocycles. The molecule has 4 rings (SSSR count). The van der Waals surface area contributed by atoms with Crippen LogP contribution in [0.1, 0.15) is 32.6 Å². The molecule has 3 atom stereocenters. The molecular weight excluding hydrogens is 443 g/mol. The number of hydrogen-bond donors (Lipinski definition) is 2. The Kier molecular flexibility index (Phi) is 5.65. The Balaban J connectivity index is 1.73. The molecule has 12 heteroatoms. The summed E-state index contributed by atoms with van der Waals surface area (Å²) in [6.45, 7) is 0.735. The topological polar surface area (TPSA) is 73.8 Å². The number of nitrogens with zero attached hydrogens (tertiary/aromatic N) is 2. The summed E-state index contributed by atoms with van der Waals surface area (Å²) < 4.78 is 98.0. The Morgan fingerprint density at radius 2 is 2.00 bits per heavy atom.